The van der Waals surface area contributed by atoms with Crippen molar-refractivity contribution in [3.8, 4) is 0 Å². The highest BCUT2D eigenvalue weighted by Crippen LogP contribution is 2.35. The molecule has 0 spiro atoms. The quantitative estimate of drug-likeness (QED) is 0.895. The van der Waals surface area contributed by atoms with Gasteiger partial charge < -0.3 is 5.32 Å². The molecule has 0 amide bonds. The van der Waals surface area contributed by atoms with Gasteiger partial charge in [0.1, 0.15) is 5.82 Å². The summed E-state index contributed by atoms with van der Waals surface area (Å²) in [6.07, 6.45) is 9.86. The molecule has 2 aliphatic rings. The van der Waals surface area contributed by atoms with Crippen LogP contribution in [-0.4, -0.2) is 29.0 Å². The second-order valence-electron chi connectivity index (χ2n) is 5.85. The van der Waals surface area contributed by atoms with E-state index in [-0.39, 0.29) is 0 Å². The van der Waals surface area contributed by atoms with Crippen LogP contribution < -0.4 is 5.32 Å². The van der Waals surface area contributed by atoms with Gasteiger partial charge in [0.15, 0.2) is 0 Å². The number of hydrogen-bond donors (Lipinski definition) is 1. The van der Waals surface area contributed by atoms with Crippen molar-refractivity contribution < 1.29 is 0 Å². The van der Waals surface area contributed by atoms with Gasteiger partial charge in [0.05, 0.1) is 0 Å². The third kappa shape index (κ3) is 2.76. The number of nitrogens with zero attached hydrogens (tertiary/aromatic N) is 2. The zero-order valence-corrected chi connectivity index (χ0v) is 11.9. The molecule has 1 N–H and O–H groups in total. The van der Waals surface area contributed by atoms with Crippen molar-refractivity contribution in [3.05, 3.63) is 23.9 Å². The molecular formula is C16H25N3. The first-order valence-electron chi connectivity index (χ1n) is 7.84. The van der Waals surface area contributed by atoms with Crippen LogP contribution in [0.4, 0.5) is 5.82 Å². The summed E-state index contributed by atoms with van der Waals surface area (Å²) in [5.74, 6) is 1.14. The van der Waals surface area contributed by atoms with Crippen molar-refractivity contribution in [2.45, 2.75) is 57.5 Å². The summed E-state index contributed by atoms with van der Waals surface area (Å²) in [5.41, 5.74) is 1.41. The summed E-state index contributed by atoms with van der Waals surface area (Å²) >= 11 is 0. The lowest BCUT2D eigenvalue weighted by Gasteiger charge is -2.37. The Morgan fingerprint density at radius 2 is 2.16 bits per heavy atom. The van der Waals surface area contributed by atoms with Crippen molar-refractivity contribution in [1.82, 2.24) is 9.88 Å². The fraction of sp³-hybridized carbons (Fsp3) is 0.688. The molecule has 19 heavy (non-hydrogen) atoms. The number of anilines is 1. The Morgan fingerprint density at radius 1 is 1.26 bits per heavy atom. The number of pyridine rings is 1. The molecule has 3 rings (SSSR count). The van der Waals surface area contributed by atoms with E-state index in [0.29, 0.717) is 12.1 Å². The van der Waals surface area contributed by atoms with Gasteiger partial charge in [0.2, 0.25) is 0 Å². The molecule has 1 aliphatic heterocycles. The number of nitrogens with one attached hydrogen (secondary N) is 1. The number of rotatable bonds is 4. The van der Waals surface area contributed by atoms with Crippen LogP contribution in [0.1, 0.15) is 57.1 Å². The van der Waals surface area contributed by atoms with Crippen LogP contribution in [0.25, 0.3) is 0 Å². The molecule has 2 fully saturated rings. The predicted octanol–water partition coefficient (Wildman–Crippen LogP) is 3.59. The first-order chi connectivity index (χ1) is 9.38. The molecule has 3 heteroatoms. The predicted molar refractivity (Wildman–Crippen MR) is 79.3 cm³/mol. The molecule has 1 aromatic rings. The minimum atomic E-state index is 0.565. The highest BCUT2D eigenvalue weighted by atomic mass is 15.2. The van der Waals surface area contributed by atoms with E-state index in [1.54, 1.807) is 0 Å². The van der Waals surface area contributed by atoms with Gasteiger partial charge in [-0.2, -0.15) is 0 Å². The monoisotopic (exact) mass is 259 g/mol. The van der Waals surface area contributed by atoms with Crippen LogP contribution in [0, 0.1) is 0 Å². The first-order valence-corrected chi connectivity index (χ1v) is 7.84. The number of likely N-dealkylation sites (tertiary alicyclic amines) is 1. The maximum Gasteiger partial charge on any atom is 0.130 e. The van der Waals surface area contributed by atoms with E-state index in [1.807, 2.05) is 6.20 Å². The maximum absolute atomic E-state index is 4.61. The highest BCUT2D eigenvalue weighted by Gasteiger charge is 2.26. The molecular weight excluding hydrogens is 234 g/mol. The summed E-state index contributed by atoms with van der Waals surface area (Å²) < 4.78 is 0. The summed E-state index contributed by atoms with van der Waals surface area (Å²) in [6, 6.07) is 5.58. The van der Waals surface area contributed by atoms with E-state index in [2.05, 4.69) is 34.3 Å². The molecule has 1 saturated heterocycles. The third-order valence-corrected chi connectivity index (χ3v) is 4.66. The number of aromatic nitrogens is 1. The standard InChI is InChI=1S/C16H25N3/c1-2-19-12-4-3-10-15(19)14-9-6-11-17-16(14)18-13-7-5-8-13/h6,9,11,13,15H,2-5,7-8,10,12H2,1H3,(H,17,18)/t15-/m1/s1. The highest BCUT2D eigenvalue weighted by molar-refractivity contribution is 5.47. The van der Waals surface area contributed by atoms with E-state index in [0.717, 1.165) is 12.4 Å². The minimum Gasteiger partial charge on any atom is -0.367 e. The van der Waals surface area contributed by atoms with Gasteiger partial charge in [0.25, 0.3) is 0 Å². The van der Waals surface area contributed by atoms with Crippen molar-refractivity contribution >= 4 is 5.82 Å². The number of hydrogen-bond acceptors (Lipinski definition) is 3. The van der Waals surface area contributed by atoms with Crippen molar-refractivity contribution in [2.24, 2.45) is 0 Å². The lowest BCUT2D eigenvalue weighted by Crippen LogP contribution is -2.34. The normalized spacial score (nSPS) is 25.0. The Labute approximate surface area is 116 Å². The second kappa shape index (κ2) is 5.91. The molecule has 3 nitrogen and oxygen atoms in total. The molecule has 0 unspecified atom stereocenters. The Bertz CT molecular complexity index is 414. The molecule has 0 aromatic carbocycles. The topological polar surface area (TPSA) is 28.2 Å². The molecule has 2 heterocycles. The van der Waals surface area contributed by atoms with Crippen LogP contribution in [0.5, 0.6) is 0 Å². The summed E-state index contributed by atoms with van der Waals surface area (Å²) in [4.78, 5) is 7.21. The average molecular weight is 259 g/mol. The molecule has 0 radical (unpaired) electrons. The summed E-state index contributed by atoms with van der Waals surface area (Å²) in [7, 11) is 0. The fourth-order valence-corrected chi connectivity index (χ4v) is 3.27. The third-order valence-electron chi connectivity index (χ3n) is 4.66. The smallest absolute Gasteiger partial charge is 0.130 e. The van der Waals surface area contributed by atoms with E-state index < -0.39 is 0 Å². The summed E-state index contributed by atoms with van der Waals surface area (Å²) in [5, 5.41) is 3.65. The maximum atomic E-state index is 4.61. The van der Waals surface area contributed by atoms with Crippen LogP contribution in [0.15, 0.2) is 18.3 Å². The largest absolute Gasteiger partial charge is 0.367 e. The molecule has 0 bridgehead atoms. The molecule has 1 aromatic heterocycles. The van der Waals surface area contributed by atoms with Gasteiger partial charge in [-0.3, -0.25) is 4.90 Å². The van der Waals surface area contributed by atoms with Crippen LogP contribution >= 0.6 is 0 Å². The first kappa shape index (κ1) is 12.9. The Kier molecular flexibility index (Phi) is 4.02. The second-order valence-corrected chi connectivity index (χ2v) is 5.85. The van der Waals surface area contributed by atoms with E-state index in [9.17, 15) is 0 Å². The Hall–Kier alpha value is -1.09. The zero-order chi connectivity index (χ0) is 13.1. The van der Waals surface area contributed by atoms with Crippen LogP contribution in [0.2, 0.25) is 0 Å². The lowest BCUT2D eigenvalue weighted by molar-refractivity contribution is 0.157. The van der Waals surface area contributed by atoms with Gasteiger partial charge in [-0.05, 0) is 51.3 Å². The van der Waals surface area contributed by atoms with Gasteiger partial charge in [0, 0.05) is 23.8 Å². The van der Waals surface area contributed by atoms with Gasteiger partial charge >= 0.3 is 0 Å². The number of piperidine rings is 1. The molecule has 1 aliphatic carbocycles. The minimum absolute atomic E-state index is 0.565. The van der Waals surface area contributed by atoms with Gasteiger partial charge in [-0.1, -0.05) is 19.4 Å². The van der Waals surface area contributed by atoms with Crippen LogP contribution in [0.3, 0.4) is 0 Å². The van der Waals surface area contributed by atoms with E-state index in [4.69, 9.17) is 0 Å². The summed E-state index contributed by atoms with van der Waals surface area (Å²) in [6.45, 7) is 4.65. The van der Waals surface area contributed by atoms with E-state index in [1.165, 1.54) is 50.6 Å². The fourth-order valence-electron chi connectivity index (χ4n) is 3.27. The molecule has 1 atom stereocenters. The lowest BCUT2D eigenvalue weighted by atomic mass is 9.91. The average Bonchev–Trinajstić information content (AvgIpc) is 2.43. The van der Waals surface area contributed by atoms with Crippen LogP contribution in [-0.2, 0) is 0 Å². The zero-order valence-electron chi connectivity index (χ0n) is 11.9. The van der Waals surface area contributed by atoms with Crippen molar-refractivity contribution in [2.75, 3.05) is 18.4 Å². The molecule has 104 valence electrons. The molecule has 1 saturated carbocycles. The van der Waals surface area contributed by atoms with Crippen molar-refractivity contribution in [1.29, 1.82) is 0 Å². The Morgan fingerprint density at radius 3 is 2.89 bits per heavy atom. The van der Waals surface area contributed by atoms with Crippen molar-refractivity contribution in [3.63, 3.8) is 0 Å². The van der Waals surface area contributed by atoms with Gasteiger partial charge in [-0.15, -0.1) is 0 Å². The van der Waals surface area contributed by atoms with Gasteiger partial charge in [-0.25, -0.2) is 4.98 Å². The van der Waals surface area contributed by atoms with E-state index >= 15 is 0 Å². The SMILES string of the molecule is CCN1CCCC[C@@H]1c1cccnc1NC1CCC1. The Balaban J connectivity index is 1.81.